The van der Waals surface area contributed by atoms with E-state index in [0.717, 1.165) is 30.3 Å². The van der Waals surface area contributed by atoms with Gasteiger partial charge in [0.2, 0.25) is 0 Å². The molecule has 0 aromatic heterocycles. The fourth-order valence-corrected chi connectivity index (χ4v) is 1.23. The van der Waals surface area contributed by atoms with Gasteiger partial charge in [0.05, 0.1) is 0 Å². The number of thiocarbonyl (C=S) groups is 1. The summed E-state index contributed by atoms with van der Waals surface area (Å²) in [5.41, 5.74) is 0. The second-order valence-electron chi connectivity index (χ2n) is 2.27. The zero-order valence-corrected chi connectivity index (χ0v) is 12.0. The van der Waals surface area contributed by atoms with Crippen molar-refractivity contribution in [2.45, 2.75) is 26.7 Å². The Hall–Kier alpha value is 0.863. The van der Waals surface area contributed by atoms with Crippen LogP contribution < -0.4 is 0 Å². The van der Waals surface area contributed by atoms with E-state index < -0.39 is 0 Å². The molecule has 0 bridgehead atoms. The van der Waals surface area contributed by atoms with Crippen LogP contribution in [0, 0.1) is 0 Å². The van der Waals surface area contributed by atoms with Crippen LogP contribution in [0.25, 0.3) is 0 Å². The molecule has 11 heavy (non-hydrogen) atoms. The van der Waals surface area contributed by atoms with Crippen molar-refractivity contribution in [1.82, 2.24) is 4.90 Å². The van der Waals surface area contributed by atoms with Crippen molar-refractivity contribution in [1.29, 1.82) is 0 Å². The van der Waals surface area contributed by atoms with Gasteiger partial charge in [-0.05, 0) is 12.8 Å². The Labute approximate surface area is 93.1 Å². The van der Waals surface area contributed by atoms with Crippen LogP contribution in [-0.2, 0) is 19.5 Å². The van der Waals surface area contributed by atoms with E-state index in [1.54, 1.807) is 0 Å². The van der Waals surface area contributed by atoms with Gasteiger partial charge >= 0.3 is 19.5 Å². The van der Waals surface area contributed by atoms with E-state index in [4.69, 9.17) is 12.2 Å². The maximum atomic E-state index is 4.94. The quantitative estimate of drug-likeness (QED) is 0.458. The fourth-order valence-electron chi connectivity index (χ4n) is 0.843. The van der Waals surface area contributed by atoms with Gasteiger partial charge in [0.1, 0.15) is 4.32 Å². The molecule has 0 aromatic rings. The van der Waals surface area contributed by atoms with E-state index in [1.165, 1.54) is 0 Å². The summed E-state index contributed by atoms with van der Waals surface area (Å²) >= 11 is 9.06. The first kappa shape index (κ1) is 14.4. The molecule has 0 spiro atoms. The van der Waals surface area contributed by atoms with Gasteiger partial charge < -0.3 is 4.90 Å². The van der Waals surface area contributed by atoms with Crippen LogP contribution in [0.5, 0.6) is 0 Å². The molecule has 0 N–H and O–H groups in total. The first-order chi connectivity index (χ1) is 4.72. The van der Waals surface area contributed by atoms with Crippen molar-refractivity contribution in [3.8, 4) is 0 Å². The van der Waals surface area contributed by atoms with E-state index in [2.05, 4.69) is 31.4 Å². The summed E-state index contributed by atoms with van der Waals surface area (Å²) in [6, 6.07) is 0. The summed E-state index contributed by atoms with van der Waals surface area (Å²) in [4.78, 5) is 2.12. The Kier molecular flexibility index (Phi) is 11.7. The monoisotopic (exact) mass is 241 g/mol. The molecule has 1 nitrogen and oxygen atoms in total. The average molecular weight is 243 g/mol. The molecule has 60 valence electrons. The van der Waals surface area contributed by atoms with E-state index in [0.29, 0.717) is 0 Å². The van der Waals surface area contributed by atoms with Crippen LogP contribution in [0.4, 0.5) is 0 Å². The smallest absolute Gasteiger partial charge is 0.358 e. The van der Waals surface area contributed by atoms with Gasteiger partial charge in [-0.1, -0.05) is 26.1 Å². The number of hydrogen-bond donors (Lipinski definition) is 1. The number of rotatable bonds is 4. The van der Waals surface area contributed by atoms with Gasteiger partial charge in [-0.15, -0.1) is 12.6 Å². The van der Waals surface area contributed by atoms with Gasteiger partial charge in [0.15, 0.2) is 0 Å². The zero-order chi connectivity index (χ0) is 7.98. The molecule has 0 fully saturated rings. The van der Waals surface area contributed by atoms with Crippen molar-refractivity contribution in [2.75, 3.05) is 13.1 Å². The molecule has 4 heteroatoms. The first-order valence-electron chi connectivity index (χ1n) is 3.70. The van der Waals surface area contributed by atoms with Crippen LogP contribution in [0.3, 0.4) is 0 Å². The average Bonchev–Trinajstić information content (AvgIpc) is 1.87. The first-order valence-corrected chi connectivity index (χ1v) is 4.55. The van der Waals surface area contributed by atoms with Crippen molar-refractivity contribution in [3.63, 3.8) is 0 Å². The normalized spacial score (nSPS) is 8.64. The van der Waals surface area contributed by atoms with Crippen molar-refractivity contribution >= 4 is 29.2 Å². The Morgan fingerprint density at radius 1 is 1.27 bits per heavy atom. The predicted molar refractivity (Wildman–Crippen MR) is 53.7 cm³/mol. The van der Waals surface area contributed by atoms with Crippen LogP contribution in [0.15, 0.2) is 0 Å². The Morgan fingerprint density at radius 2 is 1.64 bits per heavy atom. The molecule has 0 radical (unpaired) electrons. The van der Waals surface area contributed by atoms with E-state index in [-0.39, 0.29) is 19.5 Å². The number of thiol groups is 1. The Morgan fingerprint density at radius 3 is 1.82 bits per heavy atom. The zero-order valence-electron chi connectivity index (χ0n) is 7.34. The summed E-state index contributed by atoms with van der Waals surface area (Å²) in [7, 11) is 0. The largest absolute Gasteiger partial charge is 2.00 e. The summed E-state index contributed by atoms with van der Waals surface area (Å²) in [6.45, 7) is 6.37. The maximum Gasteiger partial charge on any atom is 2.00 e. The summed E-state index contributed by atoms with van der Waals surface area (Å²) in [6.07, 6.45) is 2.28. The minimum absolute atomic E-state index is 0. The molecule has 0 saturated carbocycles. The standard InChI is InChI=1S/C7H15NS2.Zn/c1-3-5-8(6-4-2)7(9)10;/h3-6H2,1-2H3,(H,9,10);/q;+2. The molecule has 0 aliphatic heterocycles. The Bertz CT molecular complexity index is 103. The van der Waals surface area contributed by atoms with Crippen molar-refractivity contribution < 1.29 is 19.5 Å². The molecule has 0 atom stereocenters. The van der Waals surface area contributed by atoms with Crippen LogP contribution >= 0.6 is 24.8 Å². The molecule has 0 aliphatic rings. The van der Waals surface area contributed by atoms with Crippen LogP contribution in [-0.4, -0.2) is 22.3 Å². The molecule has 0 heterocycles. The van der Waals surface area contributed by atoms with E-state index in [9.17, 15) is 0 Å². The number of hydrogen-bond acceptors (Lipinski definition) is 1. The summed E-state index contributed by atoms with van der Waals surface area (Å²) in [5, 5.41) is 0. The van der Waals surface area contributed by atoms with Crippen LogP contribution in [0.1, 0.15) is 26.7 Å². The van der Waals surface area contributed by atoms with E-state index in [1.807, 2.05) is 0 Å². The molecule has 0 aromatic carbocycles. The fraction of sp³-hybridized carbons (Fsp3) is 0.857. The summed E-state index contributed by atoms with van der Waals surface area (Å²) < 4.78 is 0.726. The molecular formula is C7H15NS2Zn+2. The number of nitrogens with zero attached hydrogens (tertiary/aromatic N) is 1. The molecule has 0 unspecified atom stereocenters. The second-order valence-corrected chi connectivity index (χ2v) is 3.38. The third-order valence-corrected chi connectivity index (χ3v) is 1.80. The van der Waals surface area contributed by atoms with Crippen LogP contribution in [0.2, 0.25) is 0 Å². The summed E-state index contributed by atoms with van der Waals surface area (Å²) in [5.74, 6) is 0. The molecule has 0 amide bonds. The minimum Gasteiger partial charge on any atom is -0.358 e. The van der Waals surface area contributed by atoms with Crippen molar-refractivity contribution in [3.05, 3.63) is 0 Å². The SMILES string of the molecule is CCCN(CCC)C(=S)S.[Zn+2]. The molecular weight excluding hydrogens is 228 g/mol. The molecule has 0 saturated heterocycles. The molecule has 0 rings (SSSR count). The third kappa shape index (κ3) is 7.23. The Balaban J connectivity index is 0. The molecule has 0 aliphatic carbocycles. The topological polar surface area (TPSA) is 3.24 Å². The minimum atomic E-state index is 0. The predicted octanol–water partition coefficient (Wildman–Crippen LogP) is 2.32. The van der Waals surface area contributed by atoms with Crippen molar-refractivity contribution in [2.24, 2.45) is 0 Å². The van der Waals surface area contributed by atoms with E-state index >= 15 is 0 Å². The third-order valence-electron chi connectivity index (χ3n) is 1.26. The van der Waals surface area contributed by atoms with Gasteiger partial charge in [-0.2, -0.15) is 0 Å². The van der Waals surface area contributed by atoms with Gasteiger partial charge in [0, 0.05) is 13.1 Å². The van der Waals surface area contributed by atoms with Gasteiger partial charge in [0.25, 0.3) is 0 Å². The maximum absolute atomic E-state index is 4.94. The van der Waals surface area contributed by atoms with Gasteiger partial charge in [-0.3, -0.25) is 0 Å². The second kappa shape index (κ2) is 8.96. The van der Waals surface area contributed by atoms with Gasteiger partial charge in [-0.25, -0.2) is 0 Å².